The Morgan fingerprint density at radius 2 is 1.78 bits per heavy atom. The molecule has 2 heterocycles. The number of carbonyl (C=O) groups is 1. The van der Waals surface area contributed by atoms with Crippen LogP contribution in [0.25, 0.3) is 6.08 Å². The van der Waals surface area contributed by atoms with Crippen LogP contribution in [0.3, 0.4) is 0 Å². The van der Waals surface area contributed by atoms with Gasteiger partial charge in [-0.15, -0.1) is 0 Å². The Labute approximate surface area is 276 Å². The number of nitrogens with one attached hydrogen (secondary N) is 1. The van der Waals surface area contributed by atoms with Crippen LogP contribution in [0.5, 0.6) is 11.5 Å². The van der Waals surface area contributed by atoms with Crippen LogP contribution in [0.1, 0.15) is 29.7 Å². The normalized spacial score (nSPS) is 14.5. The number of benzene rings is 4. The number of methoxy groups -OCH3 is 1. The topological polar surface area (TPSA) is 81.9 Å². The smallest absolute Gasteiger partial charge is 0.271 e. The molecule has 4 aromatic carbocycles. The van der Waals surface area contributed by atoms with Gasteiger partial charge < -0.3 is 14.8 Å². The zero-order valence-electron chi connectivity index (χ0n) is 24.3. The molecule has 1 aromatic heterocycles. The van der Waals surface area contributed by atoms with Gasteiger partial charge in [0.1, 0.15) is 18.1 Å². The highest BCUT2D eigenvalue weighted by molar-refractivity contribution is 9.10. The van der Waals surface area contributed by atoms with Gasteiger partial charge in [0.25, 0.3) is 11.5 Å². The third-order valence-corrected chi connectivity index (χ3v) is 9.30. The third kappa shape index (κ3) is 6.51. The molecule has 6 rings (SSSR count). The minimum Gasteiger partial charge on any atom is -0.497 e. The van der Waals surface area contributed by atoms with Gasteiger partial charge in [-0.1, -0.05) is 77.5 Å². The Morgan fingerprint density at radius 3 is 2.49 bits per heavy atom. The standard InChI is InChI=1S/C35H27BrClN3O4S/c1-21-31(33(41)39-25-9-4-3-5-10-25)32(23-13-15-26(43-2)16-14-23)40-34(42)30(45-35(40)38-21)19-22-12-17-29(27(36)18-22)44-20-24-8-6-7-11-28(24)37/h3-19,32H,20H2,1-2H3,(H,39,41)/b30-19+/t32-/m0/s1. The summed E-state index contributed by atoms with van der Waals surface area (Å²) in [5.41, 5.74) is 3.79. The van der Waals surface area contributed by atoms with Crippen molar-refractivity contribution in [3.05, 3.63) is 154 Å². The fourth-order valence-corrected chi connectivity index (χ4v) is 6.83. The minimum absolute atomic E-state index is 0.243. The molecule has 0 aliphatic carbocycles. The second-order valence-electron chi connectivity index (χ2n) is 10.2. The van der Waals surface area contributed by atoms with Crippen molar-refractivity contribution in [1.29, 1.82) is 0 Å². The number of hydrogen-bond acceptors (Lipinski definition) is 6. The molecule has 0 bridgehead atoms. The number of hydrogen-bond donors (Lipinski definition) is 1. The van der Waals surface area contributed by atoms with Crippen LogP contribution in [-0.2, 0) is 11.4 Å². The van der Waals surface area contributed by atoms with E-state index in [0.717, 1.165) is 21.2 Å². The first-order valence-corrected chi connectivity index (χ1v) is 16.0. The predicted octanol–water partition coefficient (Wildman–Crippen LogP) is 6.88. The number of aromatic nitrogens is 1. The van der Waals surface area contributed by atoms with Gasteiger partial charge in [0.2, 0.25) is 0 Å². The van der Waals surface area contributed by atoms with Crippen molar-refractivity contribution in [3.8, 4) is 11.5 Å². The number of ether oxygens (including phenoxy) is 2. The number of allylic oxidation sites excluding steroid dienone is 1. The van der Waals surface area contributed by atoms with Crippen molar-refractivity contribution in [2.24, 2.45) is 4.99 Å². The van der Waals surface area contributed by atoms with Gasteiger partial charge in [-0.2, -0.15) is 0 Å². The molecule has 0 saturated carbocycles. The quantitative estimate of drug-likeness (QED) is 0.192. The lowest BCUT2D eigenvalue weighted by molar-refractivity contribution is -0.113. The Hall–Kier alpha value is -4.44. The fraction of sp³-hybridized carbons (Fsp3) is 0.114. The average Bonchev–Trinajstić information content (AvgIpc) is 3.34. The molecular formula is C35H27BrClN3O4S. The minimum atomic E-state index is -0.689. The van der Waals surface area contributed by atoms with Gasteiger partial charge in [0, 0.05) is 16.3 Å². The van der Waals surface area contributed by atoms with Gasteiger partial charge in [-0.3, -0.25) is 14.2 Å². The van der Waals surface area contributed by atoms with E-state index in [1.54, 1.807) is 18.6 Å². The van der Waals surface area contributed by atoms with Gasteiger partial charge in [-0.05, 0) is 82.5 Å². The second kappa shape index (κ2) is 13.3. The van der Waals surface area contributed by atoms with E-state index in [9.17, 15) is 9.59 Å². The highest BCUT2D eigenvalue weighted by atomic mass is 79.9. The van der Waals surface area contributed by atoms with E-state index in [0.29, 0.717) is 49.4 Å². The summed E-state index contributed by atoms with van der Waals surface area (Å²) in [5, 5.41) is 3.61. The van der Waals surface area contributed by atoms with Gasteiger partial charge in [-0.25, -0.2) is 4.99 Å². The van der Waals surface area contributed by atoms with Crippen LogP contribution in [0.4, 0.5) is 5.69 Å². The number of para-hydroxylation sites is 1. The summed E-state index contributed by atoms with van der Waals surface area (Å²) < 4.78 is 14.2. The van der Waals surface area contributed by atoms with Crippen molar-refractivity contribution in [2.45, 2.75) is 19.6 Å². The first kappa shape index (κ1) is 30.6. The molecule has 0 unspecified atom stereocenters. The Morgan fingerprint density at radius 1 is 1.04 bits per heavy atom. The molecule has 1 atom stereocenters. The summed E-state index contributed by atoms with van der Waals surface area (Å²) >= 11 is 11.2. The number of carbonyl (C=O) groups excluding carboxylic acids is 1. The van der Waals surface area contributed by atoms with Crippen molar-refractivity contribution in [1.82, 2.24) is 4.57 Å². The molecule has 10 heteroatoms. The predicted molar refractivity (Wildman–Crippen MR) is 182 cm³/mol. The maximum absolute atomic E-state index is 14.1. The second-order valence-corrected chi connectivity index (χ2v) is 12.5. The third-order valence-electron chi connectivity index (χ3n) is 7.32. The van der Waals surface area contributed by atoms with E-state index in [2.05, 4.69) is 21.2 Å². The summed E-state index contributed by atoms with van der Waals surface area (Å²) in [5.74, 6) is 0.999. The van der Waals surface area contributed by atoms with Gasteiger partial charge >= 0.3 is 0 Å². The van der Waals surface area contributed by atoms with E-state index in [4.69, 9.17) is 26.1 Å². The van der Waals surface area contributed by atoms with Crippen molar-refractivity contribution in [2.75, 3.05) is 12.4 Å². The first-order valence-electron chi connectivity index (χ1n) is 14.0. The maximum atomic E-state index is 14.1. The average molecular weight is 701 g/mol. The number of nitrogens with zero attached hydrogens (tertiary/aromatic N) is 2. The summed E-state index contributed by atoms with van der Waals surface area (Å²) in [7, 11) is 1.59. The molecule has 0 spiro atoms. The Balaban J connectivity index is 1.37. The first-order chi connectivity index (χ1) is 21.8. The molecule has 0 fully saturated rings. The Kier molecular flexibility index (Phi) is 9.02. The number of rotatable bonds is 8. The fourth-order valence-electron chi connectivity index (χ4n) is 5.08. The number of halogens is 2. The van der Waals surface area contributed by atoms with E-state index >= 15 is 0 Å². The van der Waals surface area contributed by atoms with Crippen LogP contribution >= 0.6 is 38.9 Å². The lowest BCUT2D eigenvalue weighted by Crippen LogP contribution is -2.40. The lowest BCUT2D eigenvalue weighted by atomic mass is 9.95. The summed E-state index contributed by atoms with van der Waals surface area (Å²) in [4.78, 5) is 33.0. The SMILES string of the molecule is COc1ccc([C@H]2C(C(=O)Nc3ccccc3)=C(C)N=c3s/c(=C/c4ccc(OCc5ccccc5Cl)c(Br)c4)c(=O)n32)cc1. The lowest BCUT2D eigenvalue weighted by Gasteiger charge is -2.25. The Bertz CT molecular complexity index is 2110. The highest BCUT2D eigenvalue weighted by Gasteiger charge is 2.32. The molecule has 5 aromatic rings. The summed E-state index contributed by atoms with van der Waals surface area (Å²) in [6.07, 6.45) is 1.82. The highest BCUT2D eigenvalue weighted by Crippen LogP contribution is 2.32. The molecule has 1 N–H and O–H groups in total. The molecule has 1 amide bonds. The molecule has 1 aliphatic rings. The molecule has 7 nitrogen and oxygen atoms in total. The van der Waals surface area contributed by atoms with Crippen LogP contribution in [-0.4, -0.2) is 17.6 Å². The number of fused-ring (bicyclic) bond motifs is 1. The van der Waals surface area contributed by atoms with E-state index in [1.807, 2.05) is 103 Å². The maximum Gasteiger partial charge on any atom is 0.271 e. The molecule has 45 heavy (non-hydrogen) atoms. The van der Waals surface area contributed by atoms with Crippen LogP contribution < -0.4 is 29.7 Å². The van der Waals surface area contributed by atoms with E-state index in [-0.39, 0.29) is 11.5 Å². The van der Waals surface area contributed by atoms with E-state index in [1.165, 1.54) is 11.3 Å². The molecule has 1 aliphatic heterocycles. The van der Waals surface area contributed by atoms with Crippen molar-refractivity contribution < 1.29 is 14.3 Å². The molecule has 226 valence electrons. The largest absolute Gasteiger partial charge is 0.497 e. The van der Waals surface area contributed by atoms with Crippen LogP contribution in [0.15, 0.2) is 123 Å². The number of anilines is 1. The molecule has 0 saturated heterocycles. The zero-order valence-corrected chi connectivity index (χ0v) is 27.4. The zero-order chi connectivity index (χ0) is 31.5. The van der Waals surface area contributed by atoms with E-state index < -0.39 is 6.04 Å². The van der Waals surface area contributed by atoms with Crippen LogP contribution in [0.2, 0.25) is 5.02 Å². The van der Waals surface area contributed by atoms with Gasteiger partial charge in [0.15, 0.2) is 4.80 Å². The molecule has 0 radical (unpaired) electrons. The van der Waals surface area contributed by atoms with Gasteiger partial charge in [0.05, 0.1) is 33.4 Å². The number of amides is 1. The van der Waals surface area contributed by atoms with Crippen LogP contribution in [0, 0.1) is 0 Å². The monoisotopic (exact) mass is 699 g/mol. The summed E-state index contributed by atoms with van der Waals surface area (Å²) in [6, 6.07) is 29.1. The van der Waals surface area contributed by atoms with Crippen molar-refractivity contribution >= 4 is 56.5 Å². The number of thiazole rings is 1. The molecular weight excluding hydrogens is 674 g/mol. The van der Waals surface area contributed by atoms with Crippen molar-refractivity contribution in [3.63, 3.8) is 0 Å². The summed E-state index contributed by atoms with van der Waals surface area (Å²) in [6.45, 7) is 2.12.